The lowest BCUT2D eigenvalue weighted by atomic mass is 10.2. The minimum Gasteiger partial charge on any atom is -0.273 e. The van der Waals surface area contributed by atoms with Crippen molar-refractivity contribution in [3.63, 3.8) is 0 Å². The Bertz CT molecular complexity index is 1060. The van der Waals surface area contributed by atoms with Crippen LogP contribution in [-0.2, 0) is 24.3 Å². The Hall–Kier alpha value is -1.03. The third-order valence-corrected chi connectivity index (χ3v) is 8.23. The molecule has 0 aliphatic carbocycles. The molecule has 0 bridgehead atoms. The van der Waals surface area contributed by atoms with Crippen molar-refractivity contribution in [1.82, 2.24) is 0 Å². The molecule has 0 radical (unpaired) electrons. The number of rotatable bonds is 9. The summed E-state index contributed by atoms with van der Waals surface area (Å²) < 4.78 is 55.5. The molecule has 0 aliphatic heterocycles. The first-order valence-corrected chi connectivity index (χ1v) is 12.7. The first-order valence-electron chi connectivity index (χ1n) is 8.51. The highest BCUT2D eigenvalue weighted by atomic mass is 35.5. The van der Waals surface area contributed by atoms with Gasteiger partial charge in [0.25, 0.3) is 20.1 Å². The van der Waals surface area contributed by atoms with Crippen molar-refractivity contribution in [2.45, 2.75) is 30.7 Å². The van der Waals surface area contributed by atoms with E-state index in [-0.39, 0.29) is 34.2 Å². The van der Waals surface area contributed by atoms with Crippen molar-refractivity contribution in [2.75, 3.05) is 17.2 Å². The molecule has 0 fully saturated rings. The second-order valence-electron chi connectivity index (χ2n) is 6.27. The summed E-state index contributed by atoms with van der Waals surface area (Å²) >= 11 is 18.2. The van der Waals surface area contributed by atoms with Gasteiger partial charge in [0.2, 0.25) is 0 Å². The number of hydrogen-bond acceptors (Lipinski definition) is 5. The number of nitrogens with zero attached hydrogens (tertiary/aromatic N) is 1. The molecule has 0 aromatic heterocycles. The van der Waals surface area contributed by atoms with Crippen LogP contribution < -0.4 is 4.31 Å². The van der Waals surface area contributed by atoms with E-state index in [2.05, 4.69) is 4.18 Å². The van der Waals surface area contributed by atoms with Crippen LogP contribution in [0.5, 0.6) is 0 Å². The summed E-state index contributed by atoms with van der Waals surface area (Å²) in [5, 5.41) is 0.910. The van der Waals surface area contributed by atoms with E-state index in [4.69, 9.17) is 34.8 Å². The maximum Gasteiger partial charge on any atom is 0.267 e. The predicted molar refractivity (Wildman–Crippen MR) is 117 cm³/mol. The lowest BCUT2D eigenvalue weighted by molar-refractivity contribution is 0.396. The zero-order valence-corrected chi connectivity index (χ0v) is 19.6. The second-order valence-corrected chi connectivity index (χ2v) is 11.2. The average molecular weight is 501 g/mol. The van der Waals surface area contributed by atoms with Crippen LogP contribution in [0.4, 0.5) is 5.69 Å². The molecule has 0 aliphatic rings. The minimum atomic E-state index is -4.03. The highest BCUT2D eigenvalue weighted by molar-refractivity contribution is 7.92. The lowest BCUT2D eigenvalue weighted by Crippen LogP contribution is -2.39. The molecular formula is C18H20Cl3NO5S2. The number of hydrogen-bond donors (Lipinski definition) is 0. The highest BCUT2D eigenvalue weighted by Gasteiger charge is 2.31. The Kier molecular flexibility index (Phi) is 8.23. The zero-order chi connectivity index (χ0) is 21.8. The first kappa shape index (κ1) is 24.2. The van der Waals surface area contributed by atoms with Crippen molar-refractivity contribution < 1.29 is 21.0 Å². The predicted octanol–water partition coefficient (Wildman–Crippen LogP) is 4.99. The van der Waals surface area contributed by atoms with E-state index in [1.54, 1.807) is 13.0 Å². The quantitative estimate of drug-likeness (QED) is 0.453. The van der Waals surface area contributed by atoms with Gasteiger partial charge < -0.3 is 0 Å². The summed E-state index contributed by atoms with van der Waals surface area (Å²) in [4.78, 5) is 0.0225. The van der Waals surface area contributed by atoms with Crippen molar-refractivity contribution >= 4 is 60.6 Å². The third kappa shape index (κ3) is 6.23. The molecule has 0 heterocycles. The van der Waals surface area contributed by atoms with Crippen molar-refractivity contribution in [2.24, 2.45) is 0 Å². The van der Waals surface area contributed by atoms with Gasteiger partial charge in [0.15, 0.2) is 0 Å². The summed E-state index contributed by atoms with van der Waals surface area (Å²) in [5.74, 6) is -0.230. The van der Waals surface area contributed by atoms with Gasteiger partial charge >= 0.3 is 0 Å². The Balaban J connectivity index is 2.46. The van der Waals surface area contributed by atoms with Crippen molar-refractivity contribution in [3.05, 3.63) is 57.5 Å². The van der Waals surface area contributed by atoms with E-state index in [0.29, 0.717) is 10.0 Å². The van der Waals surface area contributed by atoms with Crippen LogP contribution in [0.1, 0.15) is 19.8 Å². The fourth-order valence-electron chi connectivity index (χ4n) is 2.73. The van der Waals surface area contributed by atoms with E-state index in [1.165, 1.54) is 36.4 Å². The van der Waals surface area contributed by atoms with Gasteiger partial charge in [0, 0.05) is 16.1 Å². The fraction of sp³-hybridized carbons (Fsp3) is 0.333. The topological polar surface area (TPSA) is 80.8 Å². The van der Waals surface area contributed by atoms with Crippen LogP contribution in [0, 0.1) is 0 Å². The van der Waals surface area contributed by atoms with Gasteiger partial charge in [-0.3, -0.25) is 8.49 Å². The maximum absolute atomic E-state index is 13.4. The molecule has 29 heavy (non-hydrogen) atoms. The van der Waals surface area contributed by atoms with E-state index in [9.17, 15) is 16.8 Å². The first-order chi connectivity index (χ1) is 13.5. The molecule has 2 aromatic carbocycles. The molecule has 0 unspecified atom stereocenters. The van der Waals surface area contributed by atoms with Gasteiger partial charge in [-0.2, -0.15) is 8.42 Å². The molecule has 0 N–H and O–H groups in total. The number of anilines is 1. The highest BCUT2D eigenvalue weighted by Crippen LogP contribution is 2.35. The Morgan fingerprint density at radius 3 is 2.14 bits per heavy atom. The molecule has 1 atom stereocenters. The molecule has 160 valence electrons. The molecule has 6 nitrogen and oxygen atoms in total. The summed E-state index contributed by atoms with van der Waals surface area (Å²) in [5.41, 5.74) is 0.205. The smallest absolute Gasteiger partial charge is 0.267 e. The molecular weight excluding hydrogens is 481 g/mol. The Morgan fingerprint density at radius 2 is 1.55 bits per heavy atom. The standard InChI is InChI=1S/C18H20Cl3NO5S2/c1-13(4-3-11-28(23,24)27-2)22(18-12-15(20)7-10-17(18)21)29(25,26)16-8-5-14(19)6-9-16/h5-10,12-13H,3-4,11H2,1-2H3/t13-/m1/s1. The molecule has 0 spiro atoms. The summed E-state index contributed by atoms with van der Waals surface area (Å²) in [7, 11) is -6.59. The second kappa shape index (κ2) is 9.85. The fourth-order valence-corrected chi connectivity index (χ4v) is 5.67. The van der Waals surface area contributed by atoms with Crippen molar-refractivity contribution in [3.8, 4) is 0 Å². The van der Waals surface area contributed by atoms with Gasteiger partial charge in [-0.15, -0.1) is 0 Å². The van der Waals surface area contributed by atoms with Gasteiger partial charge in [-0.25, -0.2) is 8.42 Å². The largest absolute Gasteiger partial charge is 0.273 e. The van der Waals surface area contributed by atoms with E-state index in [0.717, 1.165) is 11.4 Å². The van der Waals surface area contributed by atoms with Gasteiger partial charge in [0.05, 0.1) is 28.5 Å². The normalized spacial score (nSPS) is 13.3. The Morgan fingerprint density at radius 1 is 0.966 bits per heavy atom. The summed E-state index contributed by atoms with van der Waals surface area (Å²) in [6, 6.07) is 9.64. The zero-order valence-electron chi connectivity index (χ0n) is 15.7. The summed E-state index contributed by atoms with van der Waals surface area (Å²) in [6.07, 6.45) is 0.445. The van der Waals surface area contributed by atoms with Gasteiger partial charge in [-0.05, 0) is 62.2 Å². The van der Waals surface area contributed by atoms with Crippen LogP contribution >= 0.6 is 34.8 Å². The van der Waals surface area contributed by atoms with Crippen LogP contribution in [0.2, 0.25) is 15.1 Å². The molecule has 11 heteroatoms. The lowest BCUT2D eigenvalue weighted by Gasteiger charge is -2.31. The van der Waals surface area contributed by atoms with Gasteiger partial charge in [-0.1, -0.05) is 34.8 Å². The van der Waals surface area contributed by atoms with Crippen LogP contribution in [-0.4, -0.2) is 35.7 Å². The monoisotopic (exact) mass is 499 g/mol. The molecule has 0 saturated carbocycles. The minimum absolute atomic E-state index is 0.0225. The van der Waals surface area contributed by atoms with Gasteiger partial charge in [0.1, 0.15) is 0 Å². The molecule has 0 saturated heterocycles. The van der Waals surface area contributed by atoms with E-state index < -0.39 is 26.2 Å². The maximum atomic E-state index is 13.4. The molecule has 2 rings (SSSR count). The SMILES string of the molecule is COS(=O)(=O)CCC[C@@H](C)N(c1cc(Cl)ccc1Cl)S(=O)(=O)c1ccc(Cl)cc1. The van der Waals surface area contributed by atoms with E-state index in [1.807, 2.05) is 0 Å². The van der Waals surface area contributed by atoms with Crippen LogP contribution in [0.15, 0.2) is 47.4 Å². The number of halogens is 3. The molecule has 0 amide bonds. The average Bonchev–Trinajstić information content (AvgIpc) is 2.65. The van der Waals surface area contributed by atoms with E-state index >= 15 is 0 Å². The Labute approximate surface area is 186 Å². The van der Waals surface area contributed by atoms with Crippen LogP contribution in [0.3, 0.4) is 0 Å². The summed E-state index contributed by atoms with van der Waals surface area (Å²) in [6.45, 7) is 1.67. The number of benzene rings is 2. The van der Waals surface area contributed by atoms with Crippen molar-refractivity contribution in [1.29, 1.82) is 0 Å². The van der Waals surface area contributed by atoms with Crippen LogP contribution in [0.25, 0.3) is 0 Å². The number of sulfonamides is 1. The third-order valence-electron chi connectivity index (χ3n) is 4.19. The molecule has 2 aromatic rings.